The highest BCUT2D eigenvalue weighted by Crippen LogP contribution is 2.21. The number of thiophene rings is 1. The fraction of sp³-hybridized carbons (Fsp3) is 0.562. The van der Waals surface area contributed by atoms with Crippen LogP contribution in [-0.2, 0) is 11.2 Å². The van der Waals surface area contributed by atoms with Gasteiger partial charge in [0.15, 0.2) is 0 Å². The summed E-state index contributed by atoms with van der Waals surface area (Å²) < 4.78 is 5.26. The van der Waals surface area contributed by atoms with Gasteiger partial charge < -0.3 is 14.7 Å². The van der Waals surface area contributed by atoms with E-state index in [0.29, 0.717) is 30.6 Å². The van der Waals surface area contributed by atoms with E-state index in [4.69, 9.17) is 4.52 Å². The van der Waals surface area contributed by atoms with E-state index in [9.17, 15) is 4.79 Å². The number of aryl methyl sites for hydroxylation is 1. The van der Waals surface area contributed by atoms with Crippen LogP contribution in [0.5, 0.6) is 0 Å². The van der Waals surface area contributed by atoms with Crippen LogP contribution in [-0.4, -0.2) is 47.1 Å². The van der Waals surface area contributed by atoms with E-state index >= 15 is 0 Å². The maximum Gasteiger partial charge on any atom is 0.226 e. The van der Waals surface area contributed by atoms with Gasteiger partial charge in [-0.3, -0.25) is 4.79 Å². The van der Waals surface area contributed by atoms with E-state index in [1.807, 2.05) is 29.5 Å². The van der Waals surface area contributed by atoms with Gasteiger partial charge in [0, 0.05) is 32.0 Å². The van der Waals surface area contributed by atoms with Gasteiger partial charge in [0.25, 0.3) is 0 Å². The molecule has 1 aliphatic heterocycles. The Kier molecular flexibility index (Phi) is 5.40. The van der Waals surface area contributed by atoms with Crippen molar-refractivity contribution in [3.8, 4) is 10.7 Å². The number of nitrogens with one attached hydrogen (secondary N) is 1. The van der Waals surface area contributed by atoms with Gasteiger partial charge in [-0.15, -0.1) is 11.3 Å². The number of carbonyl (C=O) groups excluding carboxylic acids is 1. The molecular weight excluding hydrogens is 312 g/mol. The third-order valence-corrected chi connectivity index (χ3v) is 5.11. The standard InChI is InChI=1S/C16H22N4O2S/c1-17-12-7-9-20(10-8-12)15(21)6-2-5-14-18-16(19-22-14)13-4-3-11-23-13/h3-4,11-12,17H,2,5-10H2,1H3. The highest BCUT2D eigenvalue weighted by Gasteiger charge is 2.21. The van der Waals surface area contributed by atoms with Gasteiger partial charge in [-0.1, -0.05) is 11.2 Å². The average molecular weight is 334 g/mol. The molecule has 0 bridgehead atoms. The molecule has 1 amide bonds. The van der Waals surface area contributed by atoms with Crippen LogP contribution in [0.2, 0.25) is 0 Å². The number of amides is 1. The van der Waals surface area contributed by atoms with Crippen LogP contribution >= 0.6 is 11.3 Å². The lowest BCUT2D eigenvalue weighted by Gasteiger charge is -2.31. The molecule has 1 saturated heterocycles. The van der Waals surface area contributed by atoms with Crippen molar-refractivity contribution in [2.75, 3.05) is 20.1 Å². The molecule has 0 saturated carbocycles. The summed E-state index contributed by atoms with van der Waals surface area (Å²) in [6.07, 6.45) is 4.01. The van der Waals surface area contributed by atoms with Gasteiger partial charge in [-0.2, -0.15) is 4.98 Å². The first-order valence-corrected chi connectivity index (χ1v) is 8.95. The lowest BCUT2D eigenvalue weighted by atomic mass is 10.0. The largest absolute Gasteiger partial charge is 0.343 e. The monoisotopic (exact) mass is 334 g/mol. The van der Waals surface area contributed by atoms with E-state index in [1.165, 1.54) is 0 Å². The molecular formula is C16H22N4O2S. The van der Waals surface area contributed by atoms with Gasteiger partial charge >= 0.3 is 0 Å². The Labute approximate surface area is 139 Å². The zero-order chi connectivity index (χ0) is 16.1. The summed E-state index contributed by atoms with van der Waals surface area (Å²) in [5, 5.41) is 9.25. The first kappa shape index (κ1) is 16.1. The molecule has 7 heteroatoms. The van der Waals surface area contributed by atoms with Gasteiger partial charge in [0.2, 0.25) is 17.6 Å². The summed E-state index contributed by atoms with van der Waals surface area (Å²) in [5.41, 5.74) is 0. The maximum atomic E-state index is 12.2. The van der Waals surface area contributed by atoms with E-state index in [2.05, 4.69) is 15.5 Å². The van der Waals surface area contributed by atoms with Crippen LogP contribution in [0.1, 0.15) is 31.6 Å². The Balaban J connectivity index is 1.42. The summed E-state index contributed by atoms with van der Waals surface area (Å²) in [6.45, 7) is 1.71. The smallest absolute Gasteiger partial charge is 0.226 e. The molecule has 0 atom stereocenters. The number of nitrogens with zero attached hydrogens (tertiary/aromatic N) is 3. The first-order chi connectivity index (χ1) is 11.3. The molecule has 3 rings (SSSR count). The first-order valence-electron chi connectivity index (χ1n) is 8.08. The fourth-order valence-electron chi connectivity index (χ4n) is 2.83. The van der Waals surface area contributed by atoms with Crippen molar-refractivity contribution in [2.24, 2.45) is 0 Å². The fourth-order valence-corrected chi connectivity index (χ4v) is 3.48. The Morgan fingerprint density at radius 3 is 3.00 bits per heavy atom. The predicted octanol–water partition coefficient (Wildman–Crippen LogP) is 2.33. The molecule has 1 aliphatic rings. The molecule has 1 fully saturated rings. The maximum absolute atomic E-state index is 12.2. The van der Waals surface area contributed by atoms with Crippen LogP contribution in [0, 0.1) is 0 Å². The zero-order valence-electron chi connectivity index (χ0n) is 13.3. The summed E-state index contributed by atoms with van der Waals surface area (Å²) in [4.78, 5) is 19.6. The predicted molar refractivity (Wildman–Crippen MR) is 89.2 cm³/mol. The van der Waals surface area contributed by atoms with E-state index in [-0.39, 0.29) is 5.91 Å². The molecule has 6 nitrogen and oxygen atoms in total. The Morgan fingerprint density at radius 1 is 1.48 bits per heavy atom. The molecule has 23 heavy (non-hydrogen) atoms. The number of hydrogen-bond acceptors (Lipinski definition) is 6. The second-order valence-electron chi connectivity index (χ2n) is 5.79. The van der Waals surface area contributed by atoms with Crippen molar-refractivity contribution in [3.63, 3.8) is 0 Å². The van der Waals surface area contributed by atoms with Crippen LogP contribution in [0.3, 0.4) is 0 Å². The van der Waals surface area contributed by atoms with Crippen molar-refractivity contribution in [3.05, 3.63) is 23.4 Å². The Bertz CT molecular complexity index is 618. The van der Waals surface area contributed by atoms with E-state index < -0.39 is 0 Å². The van der Waals surface area contributed by atoms with Gasteiger partial charge in [-0.25, -0.2) is 0 Å². The Morgan fingerprint density at radius 2 is 2.30 bits per heavy atom. The zero-order valence-corrected chi connectivity index (χ0v) is 14.1. The molecule has 2 aromatic rings. The van der Waals surface area contributed by atoms with E-state index in [1.54, 1.807) is 11.3 Å². The number of rotatable bonds is 6. The third-order valence-electron chi connectivity index (χ3n) is 4.25. The SMILES string of the molecule is CNC1CCN(C(=O)CCCc2nc(-c3cccs3)no2)CC1. The molecule has 0 aliphatic carbocycles. The number of likely N-dealkylation sites (tertiary alicyclic amines) is 1. The normalized spacial score (nSPS) is 16.0. The minimum Gasteiger partial charge on any atom is -0.343 e. The second kappa shape index (κ2) is 7.70. The lowest BCUT2D eigenvalue weighted by Crippen LogP contribution is -2.43. The summed E-state index contributed by atoms with van der Waals surface area (Å²) in [7, 11) is 1.98. The molecule has 3 heterocycles. The average Bonchev–Trinajstić information content (AvgIpc) is 3.26. The molecule has 1 N–H and O–H groups in total. The summed E-state index contributed by atoms with van der Waals surface area (Å²) in [5.74, 6) is 1.48. The highest BCUT2D eigenvalue weighted by atomic mass is 32.1. The van der Waals surface area contributed by atoms with Crippen molar-refractivity contribution < 1.29 is 9.32 Å². The Hall–Kier alpha value is -1.73. The lowest BCUT2D eigenvalue weighted by molar-refractivity contribution is -0.132. The molecule has 2 aromatic heterocycles. The topological polar surface area (TPSA) is 71.3 Å². The van der Waals surface area contributed by atoms with E-state index in [0.717, 1.165) is 37.2 Å². The van der Waals surface area contributed by atoms with Gasteiger partial charge in [0.1, 0.15) is 0 Å². The van der Waals surface area contributed by atoms with Crippen LogP contribution in [0.4, 0.5) is 0 Å². The number of piperidine rings is 1. The number of carbonyl (C=O) groups is 1. The minimum atomic E-state index is 0.234. The van der Waals surface area contributed by atoms with Crippen LogP contribution in [0.15, 0.2) is 22.0 Å². The molecule has 0 radical (unpaired) electrons. The summed E-state index contributed by atoms with van der Waals surface area (Å²) in [6, 6.07) is 4.48. The molecule has 0 aromatic carbocycles. The molecule has 124 valence electrons. The van der Waals surface area contributed by atoms with Gasteiger partial charge in [-0.05, 0) is 37.8 Å². The van der Waals surface area contributed by atoms with Crippen molar-refractivity contribution in [1.29, 1.82) is 0 Å². The van der Waals surface area contributed by atoms with Crippen LogP contribution < -0.4 is 5.32 Å². The molecule has 0 spiro atoms. The second-order valence-corrected chi connectivity index (χ2v) is 6.73. The van der Waals surface area contributed by atoms with Crippen molar-refractivity contribution >= 4 is 17.2 Å². The minimum absolute atomic E-state index is 0.234. The number of hydrogen-bond donors (Lipinski definition) is 1. The quantitative estimate of drug-likeness (QED) is 0.878. The van der Waals surface area contributed by atoms with Crippen LogP contribution in [0.25, 0.3) is 10.7 Å². The summed E-state index contributed by atoms with van der Waals surface area (Å²) >= 11 is 1.59. The number of aromatic nitrogens is 2. The van der Waals surface area contributed by atoms with Crippen molar-refractivity contribution in [2.45, 2.75) is 38.1 Å². The van der Waals surface area contributed by atoms with Crippen molar-refractivity contribution in [1.82, 2.24) is 20.4 Å². The third kappa shape index (κ3) is 4.17. The van der Waals surface area contributed by atoms with Gasteiger partial charge in [0.05, 0.1) is 4.88 Å². The highest BCUT2D eigenvalue weighted by molar-refractivity contribution is 7.13. The molecule has 0 unspecified atom stereocenters.